The molecule has 0 saturated carbocycles. The molecule has 2 saturated heterocycles. The van der Waals surface area contributed by atoms with E-state index >= 15 is 0 Å². The van der Waals surface area contributed by atoms with Gasteiger partial charge in [-0.1, -0.05) is 0 Å². The zero-order chi connectivity index (χ0) is 7.14. The van der Waals surface area contributed by atoms with Crippen LogP contribution in [0.3, 0.4) is 0 Å². The Hall–Kier alpha value is -0.160. The summed E-state index contributed by atoms with van der Waals surface area (Å²) in [7, 11) is 0. The molecule has 2 rings (SSSR count). The minimum absolute atomic E-state index is 0.0536. The van der Waals surface area contributed by atoms with Crippen LogP contribution in [0.25, 0.3) is 0 Å². The standard InChI is InChI=1S/C6H11NO3/c7-3-1-9-6-4(8)2-10-5(3)6/h3-6,8H,1-2,7H2/t3-,4?,5+,6+/m1/s1. The fourth-order valence-corrected chi connectivity index (χ4v) is 1.51. The Morgan fingerprint density at radius 1 is 1.20 bits per heavy atom. The highest BCUT2D eigenvalue weighted by Crippen LogP contribution is 2.25. The number of hydrogen-bond donors (Lipinski definition) is 2. The van der Waals surface area contributed by atoms with Crippen LogP contribution in [0, 0.1) is 0 Å². The fourth-order valence-electron chi connectivity index (χ4n) is 1.51. The van der Waals surface area contributed by atoms with Gasteiger partial charge in [-0.2, -0.15) is 0 Å². The lowest BCUT2D eigenvalue weighted by atomic mass is 10.1. The number of rotatable bonds is 0. The van der Waals surface area contributed by atoms with Crippen LogP contribution >= 0.6 is 0 Å². The summed E-state index contributed by atoms with van der Waals surface area (Å²) in [5, 5.41) is 9.21. The number of ether oxygens (including phenoxy) is 2. The predicted octanol–water partition coefficient (Wildman–Crippen LogP) is -1.53. The van der Waals surface area contributed by atoms with Gasteiger partial charge >= 0.3 is 0 Å². The maximum Gasteiger partial charge on any atom is 0.113 e. The Bertz CT molecular complexity index is 125. The Labute approximate surface area is 58.9 Å². The molecule has 0 bridgehead atoms. The first kappa shape index (κ1) is 6.54. The fraction of sp³-hybridized carbons (Fsp3) is 1.00. The molecule has 2 aliphatic heterocycles. The Balaban J connectivity index is 2.09. The largest absolute Gasteiger partial charge is 0.388 e. The van der Waals surface area contributed by atoms with Gasteiger partial charge in [0.2, 0.25) is 0 Å². The van der Waals surface area contributed by atoms with Crippen LogP contribution in [-0.2, 0) is 9.47 Å². The molecule has 2 aliphatic rings. The normalized spacial score (nSPS) is 53.4. The van der Waals surface area contributed by atoms with E-state index in [0.717, 1.165) is 0 Å². The quantitative estimate of drug-likeness (QED) is 0.434. The number of aliphatic hydroxyl groups is 1. The molecule has 0 aromatic rings. The Morgan fingerprint density at radius 3 is 2.60 bits per heavy atom. The van der Waals surface area contributed by atoms with Crippen molar-refractivity contribution in [2.75, 3.05) is 13.2 Å². The van der Waals surface area contributed by atoms with Gasteiger partial charge in [0.1, 0.15) is 18.3 Å². The molecule has 2 heterocycles. The first-order valence-electron chi connectivity index (χ1n) is 3.46. The summed E-state index contributed by atoms with van der Waals surface area (Å²) >= 11 is 0. The highest BCUT2D eigenvalue weighted by atomic mass is 16.6. The lowest BCUT2D eigenvalue weighted by Crippen LogP contribution is -2.36. The molecule has 0 aromatic carbocycles. The van der Waals surface area contributed by atoms with Gasteiger partial charge in [0.05, 0.1) is 19.3 Å². The second kappa shape index (κ2) is 2.17. The Morgan fingerprint density at radius 2 is 1.90 bits per heavy atom. The second-order valence-corrected chi connectivity index (χ2v) is 2.83. The summed E-state index contributed by atoms with van der Waals surface area (Å²) in [4.78, 5) is 0. The molecule has 3 N–H and O–H groups in total. The number of fused-ring (bicyclic) bond motifs is 1. The first-order valence-corrected chi connectivity index (χ1v) is 3.46. The summed E-state index contributed by atoms with van der Waals surface area (Å²) in [6.45, 7) is 0.870. The lowest BCUT2D eigenvalue weighted by Gasteiger charge is -2.10. The Kier molecular flexibility index (Phi) is 1.42. The predicted molar refractivity (Wildman–Crippen MR) is 33.5 cm³/mol. The molecule has 2 fully saturated rings. The number of hydrogen-bond acceptors (Lipinski definition) is 4. The molecular weight excluding hydrogens is 134 g/mol. The van der Waals surface area contributed by atoms with Gasteiger partial charge in [-0.05, 0) is 0 Å². The van der Waals surface area contributed by atoms with E-state index in [9.17, 15) is 5.11 Å². The maximum absolute atomic E-state index is 9.21. The molecule has 4 atom stereocenters. The lowest BCUT2D eigenvalue weighted by molar-refractivity contribution is 0.0182. The van der Waals surface area contributed by atoms with Crippen molar-refractivity contribution in [2.45, 2.75) is 24.4 Å². The van der Waals surface area contributed by atoms with Crippen LogP contribution in [0.2, 0.25) is 0 Å². The second-order valence-electron chi connectivity index (χ2n) is 2.83. The zero-order valence-electron chi connectivity index (χ0n) is 5.56. The van der Waals surface area contributed by atoms with E-state index in [1.807, 2.05) is 0 Å². The van der Waals surface area contributed by atoms with Crippen LogP contribution in [0.4, 0.5) is 0 Å². The van der Waals surface area contributed by atoms with Gasteiger partial charge in [-0.25, -0.2) is 0 Å². The van der Waals surface area contributed by atoms with Crippen LogP contribution in [-0.4, -0.2) is 42.7 Å². The van der Waals surface area contributed by atoms with Gasteiger partial charge in [0, 0.05) is 0 Å². The highest BCUT2D eigenvalue weighted by Gasteiger charge is 2.45. The average molecular weight is 145 g/mol. The van der Waals surface area contributed by atoms with Crippen molar-refractivity contribution >= 4 is 0 Å². The molecule has 0 aliphatic carbocycles. The van der Waals surface area contributed by atoms with Crippen LogP contribution in [0.1, 0.15) is 0 Å². The van der Waals surface area contributed by atoms with E-state index in [-0.39, 0.29) is 18.2 Å². The summed E-state index contributed by atoms with van der Waals surface area (Å²) in [6, 6.07) is -0.0536. The van der Waals surface area contributed by atoms with E-state index in [1.165, 1.54) is 0 Å². The SMILES string of the molecule is N[C@@H]1CO[C@H]2C(O)CO[C@@H]12. The molecule has 0 amide bonds. The molecule has 1 unspecified atom stereocenters. The molecule has 0 spiro atoms. The third-order valence-corrected chi connectivity index (χ3v) is 2.07. The van der Waals surface area contributed by atoms with E-state index in [4.69, 9.17) is 15.2 Å². The van der Waals surface area contributed by atoms with Crippen LogP contribution < -0.4 is 5.73 Å². The van der Waals surface area contributed by atoms with Crippen molar-refractivity contribution in [3.05, 3.63) is 0 Å². The van der Waals surface area contributed by atoms with Crippen molar-refractivity contribution in [3.63, 3.8) is 0 Å². The molecular formula is C6H11NO3. The topological polar surface area (TPSA) is 64.7 Å². The summed E-state index contributed by atoms with van der Waals surface area (Å²) in [5.41, 5.74) is 5.62. The van der Waals surface area contributed by atoms with E-state index < -0.39 is 6.10 Å². The highest BCUT2D eigenvalue weighted by molar-refractivity contribution is 4.95. The van der Waals surface area contributed by atoms with Gasteiger partial charge in [0.15, 0.2) is 0 Å². The van der Waals surface area contributed by atoms with Crippen molar-refractivity contribution < 1.29 is 14.6 Å². The van der Waals surface area contributed by atoms with E-state index in [1.54, 1.807) is 0 Å². The van der Waals surface area contributed by atoms with Crippen molar-refractivity contribution in [2.24, 2.45) is 5.73 Å². The van der Waals surface area contributed by atoms with Gasteiger partial charge < -0.3 is 20.3 Å². The van der Waals surface area contributed by atoms with Crippen molar-refractivity contribution in [1.29, 1.82) is 0 Å². The summed E-state index contributed by atoms with van der Waals surface area (Å²) in [5.74, 6) is 0. The molecule has 10 heavy (non-hydrogen) atoms. The van der Waals surface area contributed by atoms with Crippen LogP contribution in [0.5, 0.6) is 0 Å². The van der Waals surface area contributed by atoms with Crippen molar-refractivity contribution in [3.8, 4) is 0 Å². The van der Waals surface area contributed by atoms with Crippen LogP contribution in [0.15, 0.2) is 0 Å². The monoisotopic (exact) mass is 145 g/mol. The third kappa shape index (κ3) is 0.769. The third-order valence-electron chi connectivity index (χ3n) is 2.07. The van der Waals surface area contributed by atoms with E-state index in [0.29, 0.717) is 13.2 Å². The number of nitrogens with two attached hydrogens (primary N) is 1. The molecule has 0 radical (unpaired) electrons. The summed E-state index contributed by atoms with van der Waals surface area (Å²) in [6.07, 6.45) is -0.719. The minimum atomic E-state index is -0.474. The van der Waals surface area contributed by atoms with Gasteiger partial charge in [0.25, 0.3) is 0 Å². The zero-order valence-corrected chi connectivity index (χ0v) is 5.56. The summed E-state index contributed by atoms with van der Waals surface area (Å²) < 4.78 is 10.4. The van der Waals surface area contributed by atoms with E-state index in [2.05, 4.69) is 0 Å². The molecule has 4 nitrogen and oxygen atoms in total. The number of aliphatic hydroxyl groups excluding tert-OH is 1. The van der Waals surface area contributed by atoms with Crippen molar-refractivity contribution in [1.82, 2.24) is 0 Å². The first-order chi connectivity index (χ1) is 4.79. The smallest absolute Gasteiger partial charge is 0.113 e. The molecule has 58 valence electrons. The average Bonchev–Trinajstić information content (AvgIpc) is 2.41. The van der Waals surface area contributed by atoms with Gasteiger partial charge in [-0.15, -0.1) is 0 Å². The maximum atomic E-state index is 9.21. The molecule has 4 heteroatoms. The molecule has 0 aromatic heterocycles. The van der Waals surface area contributed by atoms with Gasteiger partial charge in [-0.3, -0.25) is 0 Å². The minimum Gasteiger partial charge on any atom is -0.388 e.